The van der Waals surface area contributed by atoms with Gasteiger partial charge in [0.1, 0.15) is 0 Å². The number of pyridine rings is 9. The van der Waals surface area contributed by atoms with Crippen LogP contribution in [0.25, 0.3) is 222 Å². The first-order valence-corrected chi connectivity index (χ1v) is 38.5. The number of nitrogens with zero attached hydrogens (tertiary/aromatic N) is 12. The Morgan fingerprint density at radius 3 is 1.03 bits per heavy atom. The van der Waals surface area contributed by atoms with Gasteiger partial charge in [-0.3, -0.25) is 24.9 Å². The molecule has 12 heteroatoms. The molecule has 10 heterocycles. The second kappa shape index (κ2) is 29.4. The van der Waals surface area contributed by atoms with Crippen LogP contribution in [-0.2, 0) is 0 Å². The minimum Gasteiger partial charge on any atom is -0.256 e. The predicted octanol–water partition coefficient (Wildman–Crippen LogP) is 25.3. The molecule has 0 N–H and O–H groups in total. The summed E-state index contributed by atoms with van der Waals surface area (Å²) >= 11 is 0. The fourth-order valence-corrected chi connectivity index (χ4v) is 15.7. The van der Waals surface area contributed by atoms with Gasteiger partial charge in [0.05, 0.1) is 72.6 Å². The minimum absolute atomic E-state index is 0.626. The van der Waals surface area contributed by atoms with Gasteiger partial charge < -0.3 is 0 Å². The molecule has 540 valence electrons. The monoisotopic (exact) mass is 1480 g/mol. The lowest BCUT2D eigenvalue weighted by molar-refractivity contribution is 1.07. The molecule has 22 aromatic rings. The summed E-state index contributed by atoms with van der Waals surface area (Å²) in [6.45, 7) is 0. The summed E-state index contributed by atoms with van der Waals surface area (Å²) in [6, 6.07) is 124. The van der Waals surface area contributed by atoms with Crippen LogP contribution in [0.3, 0.4) is 0 Å². The van der Waals surface area contributed by atoms with E-state index in [1.165, 1.54) is 0 Å². The molecule has 0 saturated heterocycles. The smallest absolute Gasteiger partial charge is 0.164 e. The van der Waals surface area contributed by atoms with Gasteiger partial charge in [0.2, 0.25) is 0 Å². The molecule has 12 nitrogen and oxygen atoms in total. The van der Waals surface area contributed by atoms with Crippen molar-refractivity contribution in [2.45, 2.75) is 0 Å². The Bertz CT molecular complexity index is 7430. The summed E-state index contributed by atoms with van der Waals surface area (Å²) in [5, 5.41) is 8.57. The Kier molecular flexibility index (Phi) is 17.3. The van der Waals surface area contributed by atoms with Gasteiger partial charge in [-0.15, -0.1) is 0 Å². The second-order valence-electron chi connectivity index (χ2n) is 28.8. The number of para-hydroxylation sites is 2. The van der Waals surface area contributed by atoms with Crippen molar-refractivity contribution in [1.29, 1.82) is 0 Å². The van der Waals surface area contributed by atoms with Crippen molar-refractivity contribution < 1.29 is 0 Å². The zero-order chi connectivity index (χ0) is 76.8. The number of aromatic nitrogens is 12. The van der Waals surface area contributed by atoms with Crippen LogP contribution < -0.4 is 0 Å². The van der Waals surface area contributed by atoms with E-state index in [4.69, 9.17) is 49.8 Å². The van der Waals surface area contributed by atoms with Gasteiger partial charge in [-0.1, -0.05) is 243 Å². The van der Waals surface area contributed by atoms with E-state index in [0.29, 0.717) is 17.5 Å². The van der Waals surface area contributed by atoms with Crippen LogP contribution in [0.5, 0.6) is 0 Å². The standard InChI is InChI=1S/C53H33N5.C51H31N7/c1-2-25-54-47(16-1)39-10-3-11-40(28-39)48-23-21-35-18-20-41(33-51(35)57-48)49-24-22-34-17-19-38(32-50(34)58-49)42-29-43(45-14-4-8-36-12-6-26-55-52(36)45)31-44(30-42)46-15-5-9-37-13-7-27-56-53(37)46;1-3-9-35(10-4-1)49-56-50(36-11-5-2-6-12-36)58-51(57-49)37-19-15-32(16-20-37)38-21-17-33-23-25-43(54-45(33)30-38)39-22-18-34-24-26-44(55-46(34)31-39)42-29-40-13-7-27-52-47(40)48-41(42)14-8-28-53-48/h1-33H;1-31H. The molecule has 10 aromatic heterocycles. The van der Waals surface area contributed by atoms with Crippen LogP contribution in [0.1, 0.15) is 0 Å². The Morgan fingerprint density at radius 1 is 0.147 bits per heavy atom. The quantitative estimate of drug-likeness (QED) is 0.107. The van der Waals surface area contributed by atoms with Gasteiger partial charge in [-0.25, -0.2) is 34.9 Å². The van der Waals surface area contributed by atoms with Crippen LogP contribution in [0.4, 0.5) is 0 Å². The Hall–Kier alpha value is -15.9. The number of rotatable bonds is 12. The molecule has 0 fully saturated rings. The SMILES string of the molecule is c1ccc(-c2cccc(-c3ccc4ccc(-c5ccc6ccc(-c7cc(-c8cccc9cccnc89)cc(-c8cccc9cccnc89)c7)cc6n5)cc4n3)c2)nc1.c1ccc(-c2nc(-c3ccccc3)nc(-c3ccc(-c4ccc5ccc(-c6ccc7ccc(-c8cc9cccnc9c9ncccc89)nc7c6)nc5c4)cc3)n2)cc1. The molecule has 0 atom stereocenters. The molecule has 12 aromatic carbocycles. The molecule has 0 bridgehead atoms. The average molecular weight is 1480 g/mol. The van der Waals surface area contributed by atoms with Crippen molar-refractivity contribution in [3.8, 4) is 135 Å². The Labute approximate surface area is 666 Å². The molecule has 0 amide bonds. The molecular weight excluding hydrogens is 1420 g/mol. The average Bonchev–Trinajstić information content (AvgIpc) is 0.762. The lowest BCUT2D eigenvalue weighted by Gasteiger charge is -2.14. The van der Waals surface area contributed by atoms with E-state index in [0.717, 1.165) is 205 Å². The van der Waals surface area contributed by atoms with Gasteiger partial charge >= 0.3 is 0 Å². The predicted molar refractivity (Wildman–Crippen MR) is 472 cm³/mol. The van der Waals surface area contributed by atoms with Crippen LogP contribution in [0, 0.1) is 0 Å². The maximum Gasteiger partial charge on any atom is 0.164 e. The van der Waals surface area contributed by atoms with Gasteiger partial charge in [-0.2, -0.15) is 0 Å². The largest absolute Gasteiger partial charge is 0.256 e. The topological polar surface area (TPSA) is 155 Å². The van der Waals surface area contributed by atoms with Crippen molar-refractivity contribution >= 4 is 87.2 Å². The third-order valence-corrected chi connectivity index (χ3v) is 21.5. The zero-order valence-electron chi connectivity index (χ0n) is 62.3. The molecule has 0 saturated carbocycles. The van der Waals surface area contributed by atoms with E-state index in [1.807, 2.05) is 134 Å². The highest BCUT2D eigenvalue weighted by atomic mass is 15.0. The highest BCUT2D eigenvalue weighted by Crippen LogP contribution is 2.41. The number of fused-ring (bicyclic) bond motifs is 9. The van der Waals surface area contributed by atoms with E-state index < -0.39 is 0 Å². The summed E-state index contributed by atoms with van der Waals surface area (Å²) in [4.78, 5) is 58.9. The first-order valence-electron chi connectivity index (χ1n) is 38.5. The zero-order valence-corrected chi connectivity index (χ0v) is 62.3. The van der Waals surface area contributed by atoms with Crippen LogP contribution in [0.2, 0.25) is 0 Å². The fraction of sp³-hybridized carbons (Fsp3) is 0. The summed E-state index contributed by atoms with van der Waals surface area (Å²) in [5.74, 6) is 1.91. The van der Waals surface area contributed by atoms with E-state index in [1.54, 1.807) is 0 Å². The summed E-state index contributed by atoms with van der Waals surface area (Å²) in [5.41, 5.74) is 28.6. The molecule has 0 aliphatic rings. The van der Waals surface area contributed by atoms with Gasteiger partial charge in [0, 0.05) is 130 Å². The Balaban J connectivity index is 0.000000145. The van der Waals surface area contributed by atoms with Crippen LogP contribution in [-0.4, -0.2) is 59.8 Å². The van der Waals surface area contributed by atoms with E-state index >= 15 is 0 Å². The molecule has 0 aliphatic carbocycles. The third kappa shape index (κ3) is 13.3. The molecule has 0 unspecified atom stereocenters. The van der Waals surface area contributed by atoms with Crippen molar-refractivity contribution in [2.24, 2.45) is 0 Å². The molecule has 22 rings (SSSR count). The molecular formula is C104H64N12. The maximum atomic E-state index is 5.25. The van der Waals surface area contributed by atoms with E-state index in [-0.39, 0.29) is 0 Å². The van der Waals surface area contributed by atoms with Crippen molar-refractivity contribution in [1.82, 2.24) is 59.8 Å². The molecule has 116 heavy (non-hydrogen) atoms. The van der Waals surface area contributed by atoms with Crippen LogP contribution >= 0.6 is 0 Å². The number of benzene rings is 12. The number of hydrogen-bond donors (Lipinski definition) is 0. The summed E-state index contributed by atoms with van der Waals surface area (Å²) in [7, 11) is 0. The van der Waals surface area contributed by atoms with Crippen molar-refractivity contribution in [3.63, 3.8) is 0 Å². The molecule has 0 radical (unpaired) electrons. The highest BCUT2D eigenvalue weighted by Gasteiger charge is 2.19. The first-order chi connectivity index (χ1) is 57.4. The minimum atomic E-state index is 0.626. The molecule has 0 aliphatic heterocycles. The van der Waals surface area contributed by atoms with Crippen molar-refractivity contribution in [3.05, 3.63) is 389 Å². The highest BCUT2D eigenvalue weighted by molar-refractivity contribution is 6.10. The molecule has 0 spiro atoms. The lowest BCUT2D eigenvalue weighted by atomic mass is 9.91. The fourth-order valence-electron chi connectivity index (χ4n) is 15.7. The maximum absolute atomic E-state index is 5.25. The summed E-state index contributed by atoms with van der Waals surface area (Å²) < 4.78 is 0. The van der Waals surface area contributed by atoms with Gasteiger partial charge in [0.25, 0.3) is 0 Å². The second-order valence-corrected chi connectivity index (χ2v) is 28.8. The van der Waals surface area contributed by atoms with E-state index in [9.17, 15) is 0 Å². The normalized spacial score (nSPS) is 11.4. The van der Waals surface area contributed by atoms with E-state index in [2.05, 4.69) is 265 Å². The van der Waals surface area contributed by atoms with Crippen molar-refractivity contribution in [2.75, 3.05) is 0 Å². The number of hydrogen-bond acceptors (Lipinski definition) is 12. The Morgan fingerprint density at radius 2 is 0.500 bits per heavy atom. The summed E-state index contributed by atoms with van der Waals surface area (Å²) in [6.07, 6.45) is 9.19. The first kappa shape index (κ1) is 68.1. The van der Waals surface area contributed by atoms with Gasteiger partial charge in [-0.05, 0) is 149 Å². The van der Waals surface area contributed by atoms with Gasteiger partial charge in [0.15, 0.2) is 17.5 Å². The van der Waals surface area contributed by atoms with Crippen LogP contribution in [0.15, 0.2) is 389 Å². The lowest BCUT2D eigenvalue weighted by Crippen LogP contribution is -2.00. The third-order valence-electron chi connectivity index (χ3n) is 21.5.